The minimum atomic E-state index is -0.462. The fourth-order valence-electron chi connectivity index (χ4n) is 3.02. The highest BCUT2D eigenvalue weighted by Gasteiger charge is 2.32. The van der Waals surface area contributed by atoms with Crippen LogP contribution in [0.15, 0.2) is 24.3 Å². The predicted octanol–water partition coefficient (Wildman–Crippen LogP) is 3.89. The quantitative estimate of drug-likeness (QED) is 0.826. The topological polar surface area (TPSA) is 78.5 Å². The number of piperidine rings is 1. The summed E-state index contributed by atoms with van der Waals surface area (Å²) in [5.41, 5.74) is 0.550. The zero-order valence-corrected chi connectivity index (χ0v) is 17.9. The molecule has 0 atom stereocenters. The minimum Gasteiger partial charge on any atom is -0.342 e. The van der Waals surface area contributed by atoms with Gasteiger partial charge in [-0.1, -0.05) is 41.5 Å². The summed E-state index contributed by atoms with van der Waals surface area (Å²) in [6, 6.07) is 7.14. The normalized spacial score (nSPS) is 15.9. The van der Waals surface area contributed by atoms with E-state index in [1.807, 2.05) is 46.4 Å². The summed E-state index contributed by atoms with van der Waals surface area (Å²) in [5.74, 6) is -0.0290. The van der Waals surface area contributed by atoms with Gasteiger partial charge < -0.3 is 15.5 Å². The van der Waals surface area contributed by atoms with Crippen LogP contribution in [-0.2, 0) is 14.4 Å². The van der Waals surface area contributed by atoms with Crippen LogP contribution in [0, 0.1) is 16.7 Å². The first kappa shape index (κ1) is 21.9. The van der Waals surface area contributed by atoms with Crippen LogP contribution >= 0.6 is 0 Å². The lowest BCUT2D eigenvalue weighted by Crippen LogP contribution is -2.45. The molecule has 28 heavy (non-hydrogen) atoms. The number of hydrogen-bond donors (Lipinski definition) is 2. The van der Waals surface area contributed by atoms with Crippen LogP contribution in [0.3, 0.4) is 0 Å². The van der Waals surface area contributed by atoms with E-state index in [1.165, 1.54) is 0 Å². The number of anilines is 2. The van der Waals surface area contributed by atoms with Crippen molar-refractivity contribution in [3.63, 3.8) is 0 Å². The third kappa shape index (κ3) is 5.81. The molecule has 1 aliphatic heterocycles. The van der Waals surface area contributed by atoms with Gasteiger partial charge in [-0.25, -0.2) is 0 Å². The highest BCUT2D eigenvalue weighted by atomic mass is 16.2. The SMILES string of the molecule is CC(C)(C)C(=O)Nc1ccc(NC(=O)C2CCN(C(=O)C(C)(C)C)CC2)cc1. The molecule has 0 unspecified atom stereocenters. The zero-order chi connectivity index (χ0) is 21.1. The fraction of sp³-hybridized carbons (Fsp3) is 0.591. The summed E-state index contributed by atoms with van der Waals surface area (Å²) >= 11 is 0. The summed E-state index contributed by atoms with van der Waals surface area (Å²) in [6.45, 7) is 12.6. The van der Waals surface area contributed by atoms with Crippen LogP contribution in [0.5, 0.6) is 0 Å². The fourth-order valence-corrected chi connectivity index (χ4v) is 3.02. The molecule has 1 aromatic rings. The van der Waals surface area contributed by atoms with Crippen LogP contribution in [-0.4, -0.2) is 35.7 Å². The summed E-state index contributed by atoms with van der Waals surface area (Å²) in [7, 11) is 0. The Morgan fingerprint density at radius 3 is 1.71 bits per heavy atom. The Labute approximate surface area is 168 Å². The van der Waals surface area contributed by atoms with Crippen molar-refractivity contribution in [1.29, 1.82) is 0 Å². The highest BCUT2D eigenvalue weighted by Crippen LogP contribution is 2.25. The van der Waals surface area contributed by atoms with Crippen molar-refractivity contribution < 1.29 is 14.4 Å². The van der Waals surface area contributed by atoms with Gasteiger partial charge in [-0.15, -0.1) is 0 Å². The molecule has 154 valence electrons. The Bertz CT molecular complexity index is 719. The van der Waals surface area contributed by atoms with Crippen molar-refractivity contribution >= 4 is 29.1 Å². The highest BCUT2D eigenvalue weighted by molar-refractivity contribution is 5.95. The lowest BCUT2D eigenvalue weighted by atomic mass is 9.90. The summed E-state index contributed by atoms with van der Waals surface area (Å²) in [4.78, 5) is 38.8. The minimum absolute atomic E-state index is 0.0191. The summed E-state index contributed by atoms with van der Waals surface area (Å²) < 4.78 is 0. The number of nitrogens with one attached hydrogen (secondary N) is 2. The molecule has 6 nitrogen and oxygen atoms in total. The first-order valence-electron chi connectivity index (χ1n) is 9.89. The van der Waals surface area contributed by atoms with Gasteiger partial charge in [0.25, 0.3) is 0 Å². The lowest BCUT2D eigenvalue weighted by Gasteiger charge is -2.35. The van der Waals surface area contributed by atoms with E-state index in [0.717, 1.165) is 0 Å². The van der Waals surface area contributed by atoms with Crippen LogP contribution in [0.1, 0.15) is 54.4 Å². The molecule has 3 amide bonds. The Balaban J connectivity index is 1.87. The van der Waals surface area contributed by atoms with Gasteiger partial charge in [-0.05, 0) is 37.1 Å². The predicted molar refractivity (Wildman–Crippen MR) is 112 cm³/mol. The third-order valence-electron chi connectivity index (χ3n) is 4.89. The van der Waals surface area contributed by atoms with E-state index in [9.17, 15) is 14.4 Å². The standard InChI is InChI=1S/C22H33N3O3/c1-21(2,3)19(27)24-17-9-7-16(8-10-17)23-18(26)15-11-13-25(14-12-15)20(28)22(4,5)6/h7-10,15H,11-14H2,1-6H3,(H,23,26)(H,24,27). The first-order valence-corrected chi connectivity index (χ1v) is 9.89. The van der Waals surface area contributed by atoms with E-state index in [-0.39, 0.29) is 29.1 Å². The average Bonchev–Trinajstić information content (AvgIpc) is 2.61. The number of nitrogens with zero attached hydrogens (tertiary/aromatic N) is 1. The largest absolute Gasteiger partial charge is 0.342 e. The van der Waals surface area contributed by atoms with Gasteiger partial charge in [0.05, 0.1) is 0 Å². The van der Waals surface area contributed by atoms with Gasteiger partial charge in [0, 0.05) is 41.2 Å². The Morgan fingerprint density at radius 2 is 1.29 bits per heavy atom. The molecule has 2 rings (SSSR count). The number of carbonyl (C=O) groups is 3. The van der Waals surface area contributed by atoms with Crippen molar-refractivity contribution in [2.75, 3.05) is 23.7 Å². The maximum atomic E-state index is 12.6. The maximum absolute atomic E-state index is 12.6. The average molecular weight is 388 g/mol. The van der Waals surface area contributed by atoms with Gasteiger partial charge in [0.2, 0.25) is 17.7 Å². The van der Waals surface area contributed by atoms with E-state index >= 15 is 0 Å². The van der Waals surface area contributed by atoms with Crippen molar-refractivity contribution in [2.24, 2.45) is 16.7 Å². The molecule has 0 bridgehead atoms. The van der Waals surface area contributed by atoms with Gasteiger partial charge in [-0.2, -0.15) is 0 Å². The second-order valence-corrected chi connectivity index (χ2v) is 9.59. The number of benzene rings is 1. The zero-order valence-electron chi connectivity index (χ0n) is 17.9. The molecule has 0 radical (unpaired) electrons. The van der Waals surface area contributed by atoms with Crippen molar-refractivity contribution in [3.8, 4) is 0 Å². The van der Waals surface area contributed by atoms with Crippen LogP contribution in [0.25, 0.3) is 0 Å². The monoisotopic (exact) mass is 387 g/mol. The molecule has 1 aromatic carbocycles. The molecule has 0 aromatic heterocycles. The smallest absolute Gasteiger partial charge is 0.229 e. The Hall–Kier alpha value is -2.37. The van der Waals surface area contributed by atoms with E-state index in [2.05, 4.69) is 10.6 Å². The molecular weight excluding hydrogens is 354 g/mol. The van der Waals surface area contributed by atoms with E-state index in [4.69, 9.17) is 0 Å². The third-order valence-corrected chi connectivity index (χ3v) is 4.89. The first-order chi connectivity index (χ1) is 12.9. The molecule has 6 heteroatoms. The van der Waals surface area contributed by atoms with Crippen molar-refractivity contribution in [2.45, 2.75) is 54.4 Å². The number of carbonyl (C=O) groups excluding carboxylic acids is 3. The van der Waals surface area contributed by atoms with Crippen LogP contribution in [0.2, 0.25) is 0 Å². The van der Waals surface area contributed by atoms with Crippen LogP contribution < -0.4 is 10.6 Å². The molecule has 1 fully saturated rings. The molecule has 1 saturated heterocycles. The number of amides is 3. The van der Waals surface area contributed by atoms with Crippen molar-refractivity contribution in [1.82, 2.24) is 4.90 Å². The Morgan fingerprint density at radius 1 is 0.821 bits per heavy atom. The van der Waals surface area contributed by atoms with Crippen molar-refractivity contribution in [3.05, 3.63) is 24.3 Å². The molecule has 0 aliphatic carbocycles. The van der Waals surface area contributed by atoms with Gasteiger partial charge in [0.1, 0.15) is 0 Å². The molecule has 0 spiro atoms. The summed E-state index contributed by atoms with van der Waals surface area (Å²) in [6.07, 6.45) is 1.35. The summed E-state index contributed by atoms with van der Waals surface area (Å²) in [5, 5.41) is 5.81. The van der Waals surface area contributed by atoms with Gasteiger partial charge in [-0.3, -0.25) is 14.4 Å². The Kier molecular flexibility index (Phi) is 6.52. The number of rotatable bonds is 3. The van der Waals surface area contributed by atoms with Gasteiger partial charge >= 0.3 is 0 Å². The van der Waals surface area contributed by atoms with Gasteiger partial charge in [0.15, 0.2) is 0 Å². The second kappa shape index (κ2) is 8.33. The lowest BCUT2D eigenvalue weighted by molar-refractivity contribution is -0.142. The molecule has 1 heterocycles. The number of likely N-dealkylation sites (tertiary alicyclic amines) is 1. The second-order valence-electron chi connectivity index (χ2n) is 9.59. The van der Waals surface area contributed by atoms with Crippen LogP contribution in [0.4, 0.5) is 11.4 Å². The molecular formula is C22H33N3O3. The molecule has 1 aliphatic rings. The van der Waals surface area contributed by atoms with E-state index in [0.29, 0.717) is 37.3 Å². The molecule has 0 saturated carbocycles. The van der Waals surface area contributed by atoms with E-state index in [1.54, 1.807) is 24.3 Å². The van der Waals surface area contributed by atoms with E-state index < -0.39 is 5.41 Å². The number of hydrogen-bond acceptors (Lipinski definition) is 3. The maximum Gasteiger partial charge on any atom is 0.229 e. The molecule has 2 N–H and O–H groups in total.